The van der Waals surface area contributed by atoms with Crippen molar-refractivity contribution in [1.82, 2.24) is 15.5 Å². The van der Waals surface area contributed by atoms with Crippen molar-refractivity contribution in [2.45, 2.75) is 82.7 Å². The first-order valence-electron chi connectivity index (χ1n) is 13.3. The Morgan fingerprint density at radius 1 is 1.21 bits per heavy atom. The van der Waals surface area contributed by atoms with Crippen molar-refractivity contribution in [3.05, 3.63) is 68.9 Å². The van der Waals surface area contributed by atoms with E-state index in [4.69, 9.17) is 9.47 Å². The average Bonchev–Trinajstić information content (AvgIpc) is 3.10. The molecule has 0 spiro atoms. The third kappa shape index (κ3) is 5.27. The second-order valence-corrected chi connectivity index (χ2v) is 12.3. The lowest BCUT2D eigenvalue weighted by Crippen LogP contribution is -2.61. The minimum Gasteiger partial charge on any atom is -0.445 e. The summed E-state index contributed by atoms with van der Waals surface area (Å²) in [5.74, 6) is -0.310. The van der Waals surface area contributed by atoms with Crippen LogP contribution in [0.25, 0.3) is 0 Å². The van der Waals surface area contributed by atoms with Crippen LogP contribution in [0.3, 0.4) is 0 Å². The number of nitrogens with one attached hydrogen (secondary N) is 2. The molecule has 0 aromatic heterocycles. The largest absolute Gasteiger partial charge is 0.445 e. The molecule has 2 heterocycles. The summed E-state index contributed by atoms with van der Waals surface area (Å²) >= 11 is 3.81. The van der Waals surface area contributed by atoms with Crippen molar-refractivity contribution >= 4 is 28.1 Å². The number of ether oxygens (including phenoxy) is 2. The number of hydrogen-bond acceptors (Lipinski definition) is 5. The van der Waals surface area contributed by atoms with Gasteiger partial charge in [0.05, 0.1) is 5.54 Å². The number of rotatable bonds is 4. The number of halogens is 2. The Bertz CT molecular complexity index is 1210. The number of hydrogen-bond donors (Lipinski definition) is 2. The molecule has 0 radical (unpaired) electrons. The number of amides is 2. The molecule has 3 unspecified atom stereocenters. The highest BCUT2D eigenvalue weighted by Crippen LogP contribution is 2.49. The highest BCUT2D eigenvalue weighted by molar-refractivity contribution is 9.10. The summed E-state index contributed by atoms with van der Waals surface area (Å²) in [5, 5.41) is 6.36. The predicted octanol–water partition coefficient (Wildman–Crippen LogP) is 5.57. The Morgan fingerprint density at radius 2 is 1.97 bits per heavy atom. The van der Waals surface area contributed by atoms with Gasteiger partial charge in [0.2, 0.25) is 0 Å². The minimum atomic E-state index is -0.684. The minimum absolute atomic E-state index is 0.0000671. The first kappa shape index (κ1) is 26.9. The first-order valence-corrected chi connectivity index (χ1v) is 14.1. The molecule has 2 saturated heterocycles. The molecule has 2 amide bonds. The molecule has 2 aromatic rings. The van der Waals surface area contributed by atoms with Gasteiger partial charge in [-0.15, -0.1) is 0 Å². The van der Waals surface area contributed by atoms with E-state index in [0.717, 1.165) is 34.0 Å². The molecular weight excluding hydrogens is 553 g/mol. The maximum absolute atomic E-state index is 15.7. The van der Waals surface area contributed by atoms with E-state index in [1.54, 1.807) is 6.07 Å². The van der Waals surface area contributed by atoms with Gasteiger partial charge in [0.15, 0.2) is 0 Å². The molecule has 2 aromatic carbocycles. The van der Waals surface area contributed by atoms with Gasteiger partial charge in [-0.3, -0.25) is 4.90 Å². The zero-order valence-electron chi connectivity index (χ0n) is 22.1. The van der Waals surface area contributed by atoms with E-state index in [1.807, 2.05) is 56.0 Å². The Hall–Kier alpha value is -2.65. The van der Waals surface area contributed by atoms with Crippen LogP contribution in [-0.4, -0.2) is 47.9 Å². The van der Waals surface area contributed by atoms with Crippen molar-refractivity contribution in [2.24, 2.45) is 0 Å². The quantitative estimate of drug-likeness (QED) is 0.489. The van der Waals surface area contributed by atoms with Crippen LogP contribution < -0.4 is 10.6 Å². The van der Waals surface area contributed by atoms with Gasteiger partial charge in [-0.05, 0) is 81.2 Å². The predicted molar refractivity (Wildman–Crippen MR) is 145 cm³/mol. The molecule has 2 aliphatic heterocycles. The molecule has 7 nitrogen and oxygen atoms in total. The second-order valence-electron chi connectivity index (χ2n) is 11.5. The summed E-state index contributed by atoms with van der Waals surface area (Å²) in [7, 11) is 0. The number of benzene rings is 2. The Kier molecular flexibility index (Phi) is 7.44. The first-order chi connectivity index (χ1) is 18.1. The van der Waals surface area contributed by atoms with Crippen LogP contribution in [0.5, 0.6) is 0 Å². The molecule has 3 aliphatic rings. The van der Waals surface area contributed by atoms with Crippen molar-refractivity contribution in [3.63, 3.8) is 0 Å². The summed E-state index contributed by atoms with van der Waals surface area (Å²) in [6, 6.07) is 10.8. The number of nitrogens with zero attached hydrogens (tertiary/aromatic N) is 1. The van der Waals surface area contributed by atoms with E-state index in [9.17, 15) is 9.59 Å². The van der Waals surface area contributed by atoms with Crippen molar-refractivity contribution in [3.8, 4) is 0 Å². The van der Waals surface area contributed by atoms with E-state index >= 15 is 4.39 Å². The molecule has 3 atom stereocenters. The molecule has 2 fully saturated rings. The average molecular weight is 589 g/mol. The number of alkyl carbamates (subject to hydrolysis) is 1. The van der Waals surface area contributed by atoms with Crippen molar-refractivity contribution in [1.29, 1.82) is 0 Å². The van der Waals surface area contributed by atoms with Crippen LogP contribution in [-0.2, 0) is 34.5 Å². The molecule has 5 rings (SSSR count). The van der Waals surface area contributed by atoms with Crippen LogP contribution >= 0.6 is 15.9 Å². The van der Waals surface area contributed by atoms with Crippen molar-refractivity contribution < 1.29 is 23.5 Å². The number of fused-ring (bicyclic) bond motifs is 3. The summed E-state index contributed by atoms with van der Waals surface area (Å²) in [4.78, 5) is 27.6. The van der Waals surface area contributed by atoms with Crippen molar-refractivity contribution in [2.75, 3.05) is 13.1 Å². The normalized spacial score (nSPS) is 24.5. The van der Waals surface area contributed by atoms with E-state index in [2.05, 4.69) is 26.6 Å². The summed E-state index contributed by atoms with van der Waals surface area (Å²) in [6.07, 6.45) is 2.35. The zero-order chi connectivity index (χ0) is 27.1. The molecular formula is C29H35BrFN3O4. The SMILES string of the molecule is CC(C)(C)OC(=O)N1C2CCC1(c1cc(F)c3c(c1Br)CCC(NC(=O)OCc1ccccc1)C3)CNC2. The van der Waals surface area contributed by atoms with E-state index in [1.165, 1.54) is 0 Å². The highest BCUT2D eigenvalue weighted by atomic mass is 79.9. The molecule has 1 aliphatic carbocycles. The lowest BCUT2D eigenvalue weighted by atomic mass is 9.80. The standard InChI is InChI=1S/C29H35BrFN3O4/c1-28(2,3)38-27(36)34-20-11-12-29(34,17-32-15-20)23-14-24(31)22-13-19(9-10-21(22)25(23)30)33-26(35)37-16-18-7-5-4-6-8-18/h4-8,14,19-20,32H,9-13,15-17H2,1-3H3,(H,33,35). The van der Waals surface area contributed by atoms with Gasteiger partial charge in [0, 0.05) is 29.6 Å². The van der Waals surface area contributed by atoms with Crippen LogP contribution in [0.1, 0.15) is 62.3 Å². The number of piperazine rings is 1. The van der Waals surface area contributed by atoms with Gasteiger partial charge in [-0.1, -0.05) is 46.3 Å². The fraction of sp³-hybridized carbons (Fsp3) is 0.517. The van der Waals surface area contributed by atoms with Crippen LogP contribution in [0.2, 0.25) is 0 Å². The maximum atomic E-state index is 15.7. The van der Waals surface area contributed by atoms with E-state index < -0.39 is 17.2 Å². The molecule has 2 bridgehead atoms. The van der Waals surface area contributed by atoms with Gasteiger partial charge >= 0.3 is 12.2 Å². The van der Waals surface area contributed by atoms with Crippen LogP contribution in [0, 0.1) is 5.82 Å². The van der Waals surface area contributed by atoms with Gasteiger partial charge < -0.3 is 20.1 Å². The lowest BCUT2D eigenvalue weighted by Gasteiger charge is -2.46. The van der Waals surface area contributed by atoms with E-state index in [0.29, 0.717) is 37.9 Å². The fourth-order valence-corrected chi connectivity index (χ4v) is 6.99. The lowest BCUT2D eigenvalue weighted by molar-refractivity contribution is -0.0117. The third-order valence-electron chi connectivity index (χ3n) is 7.76. The number of carbonyl (C=O) groups excluding carboxylic acids is 2. The van der Waals surface area contributed by atoms with Crippen LogP contribution in [0.15, 0.2) is 40.9 Å². The summed E-state index contributed by atoms with van der Waals surface area (Å²) < 4.78 is 27.7. The van der Waals surface area contributed by atoms with Gasteiger partial charge in [0.25, 0.3) is 0 Å². The molecule has 38 heavy (non-hydrogen) atoms. The smallest absolute Gasteiger partial charge is 0.411 e. The third-order valence-corrected chi connectivity index (χ3v) is 8.67. The monoisotopic (exact) mass is 587 g/mol. The fourth-order valence-electron chi connectivity index (χ4n) is 6.07. The molecule has 204 valence electrons. The Morgan fingerprint density at radius 3 is 2.71 bits per heavy atom. The van der Waals surface area contributed by atoms with Gasteiger partial charge in [-0.25, -0.2) is 14.0 Å². The number of carbonyl (C=O) groups is 2. The Balaban J connectivity index is 1.35. The van der Waals surface area contributed by atoms with Gasteiger partial charge in [0.1, 0.15) is 18.0 Å². The summed E-state index contributed by atoms with van der Waals surface area (Å²) in [6.45, 7) is 7.00. The van der Waals surface area contributed by atoms with E-state index in [-0.39, 0.29) is 30.6 Å². The summed E-state index contributed by atoms with van der Waals surface area (Å²) in [5.41, 5.74) is 1.89. The topological polar surface area (TPSA) is 79.9 Å². The second kappa shape index (κ2) is 10.5. The Labute approximate surface area is 231 Å². The zero-order valence-corrected chi connectivity index (χ0v) is 23.7. The molecule has 2 N–H and O–H groups in total. The maximum Gasteiger partial charge on any atom is 0.411 e. The molecule has 0 saturated carbocycles. The van der Waals surface area contributed by atoms with Crippen LogP contribution in [0.4, 0.5) is 14.0 Å². The highest BCUT2D eigenvalue weighted by Gasteiger charge is 2.54. The van der Waals surface area contributed by atoms with Gasteiger partial charge in [-0.2, -0.15) is 0 Å². The molecule has 9 heteroatoms.